The lowest BCUT2D eigenvalue weighted by Crippen LogP contribution is -2.52. The first kappa shape index (κ1) is 40.5. The quantitative estimate of drug-likeness (QED) is 0.113. The molecule has 0 bridgehead atoms. The fraction of sp³-hybridized carbons (Fsp3) is 0.362. The molecule has 1 unspecified atom stereocenters. The van der Waals surface area contributed by atoms with E-state index in [0.29, 0.717) is 30.4 Å². The van der Waals surface area contributed by atoms with Crippen molar-refractivity contribution in [2.24, 2.45) is 5.92 Å². The predicted octanol–water partition coefficient (Wildman–Crippen LogP) is 7.86. The molecule has 3 aliphatic rings. The number of imidazole rings is 2. The molecule has 2 fully saturated rings. The standard InChI is InChI=1S/C47H50N8O7/c1-25(2)39(52-46(58)60-4)45(57)55-26(3)13-18-37(55)42-48-23-35(50-42)29-14-16-31-30(20-29)24-62-38-22-32-28(21-33(31)38)15-17-34-41(32)51-43(49-34)36-12-9-19-54(36)44(56)40(53-47(59)61-5)27-10-7-6-8-11-27/h6-8,10-11,14-17,20-23,25-26,36-37,39-40H,9,12-13,18-19,24H2,1-5H3,(H,48,50)(H,49,51)(H,52,58)(H,53,59)/t26-,36?,37-,39-,40+/m0/s1. The van der Waals surface area contributed by atoms with Gasteiger partial charge in [0.25, 0.3) is 5.91 Å². The number of benzene rings is 4. The van der Waals surface area contributed by atoms with Crippen molar-refractivity contribution in [1.82, 2.24) is 40.4 Å². The Hall–Kier alpha value is -6.90. The van der Waals surface area contributed by atoms with Gasteiger partial charge in [0.1, 0.15) is 36.1 Å². The number of H-pyrrole nitrogens is 2. The highest BCUT2D eigenvalue weighted by atomic mass is 16.5. The van der Waals surface area contributed by atoms with Crippen molar-refractivity contribution in [3.8, 4) is 28.1 Å². The molecule has 4 N–H and O–H groups in total. The van der Waals surface area contributed by atoms with E-state index in [4.69, 9.17) is 24.2 Å². The molecule has 6 aromatic rings. The maximum atomic E-state index is 14.1. The molecule has 2 saturated heterocycles. The Morgan fingerprint density at radius 1 is 0.839 bits per heavy atom. The van der Waals surface area contributed by atoms with Gasteiger partial charge >= 0.3 is 12.2 Å². The fourth-order valence-corrected chi connectivity index (χ4v) is 9.36. The van der Waals surface area contributed by atoms with Gasteiger partial charge in [-0.25, -0.2) is 19.6 Å². The summed E-state index contributed by atoms with van der Waals surface area (Å²) < 4.78 is 16.1. The number of hydrogen-bond donors (Lipinski definition) is 4. The second-order valence-corrected chi connectivity index (χ2v) is 16.7. The Balaban J connectivity index is 0.964. The van der Waals surface area contributed by atoms with Gasteiger partial charge in [-0.3, -0.25) is 9.59 Å². The molecule has 320 valence electrons. The Labute approximate surface area is 358 Å². The van der Waals surface area contributed by atoms with Crippen LogP contribution in [0.15, 0.2) is 79.0 Å². The van der Waals surface area contributed by atoms with Crippen LogP contribution in [0.2, 0.25) is 0 Å². The van der Waals surface area contributed by atoms with Crippen LogP contribution in [-0.2, 0) is 25.7 Å². The lowest BCUT2D eigenvalue weighted by Gasteiger charge is -2.32. The molecular formula is C47H50N8O7. The Kier molecular flexibility index (Phi) is 10.8. The van der Waals surface area contributed by atoms with Gasteiger partial charge < -0.3 is 44.6 Å². The van der Waals surface area contributed by atoms with E-state index < -0.39 is 24.3 Å². The van der Waals surface area contributed by atoms with Crippen molar-refractivity contribution in [3.63, 3.8) is 0 Å². The molecule has 5 heterocycles. The molecule has 62 heavy (non-hydrogen) atoms. The Bertz CT molecular complexity index is 2690. The molecule has 4 aromatic carbocycles. The van der Waals surface area contributed by atoms with Gasteiger partial charge in [0.15, 0.2) is 0 Å². The van der Waals surface area contributed by atoms with Crippen molar-refractivity contribution in [2.45, 2.75) is 83.3 Å². The summed E-state index contributed by atoms with van der Waals surface area (Å²) in [5.74, 6) is 1.66. The summed E-state index contributed by atoms with van der Waals surface area (Å²) in [6, 6.07) is 21.6. The van der Waals surface area contributed by atoms with E-state index in [9.17, 15) is 19.2 Å². The minimum absolute atomic E-state index is 0.0185. The molecule has 15 heteroatoms. The van der Waals surface area contributed by atoms with E-state index >= 15 is 0 Å². The Morgan fingerprint density at radius 2 is 1.63 bits per heavy atom. The first-order chi connectivity index (χ1) is 30.0. The number of ether oxygens (including phenoxy) is 3. The SMILES string of the molecule is COC(=O)N[C@H](C(=O)N1[C@@H](C)CC[C@H]1c1ncc(-c2ccc3c(c2)COc2cc4c(ccc5nc(C6CCCN6C(=O)[C@H](NC(=O)OC)c6ccccc6)[nH]c54)cc2-3)[nH]1)C(C)C. The number of fused-ring (bicyclic) bond motifs is 6. The summed E-state index contributed by atoms with van der Waals surface area (Å²) in [6.07, 6.45) is 3.60. The van der Waals surface area contributed by atoms with Crippen LogP contribution in [0.1, 0.15) is 87.4 Å². The highest BCUT2D eigenvalue weighted by Crippen LogP contribution is 2.44. The number of aromatic nitrogens is 4. The molecule has 4 amide bonds. The molecule has 0 saturated carbocycles. The summed E-state index contributed by atoms with van der Waals surface area (Å²) in [4.78, 5) is 72.9. The molecule has 3 aliphatic heterocycles. The third-order valence-electron chi connectivity index (χ3n) is 12.6. The van der Waals surface area contributed by atoms with Gasteiger partial charge in [-0.15, -0.1) is 0 Å². The van der Waals surface area contributed by atoms with Crippen LogP contribution in [0.25, 0.3) is 44.2 Å². The van der Waals surface area contributed by atoms with Crippen LogP contribution in [0.5, 0.6) is 5.75 Å². The molecule has 9 rings (SSSR count). The van der Waals surface area contributed by atoms with Crippen LogP contribution in [0.4, 0.5) is 9.59 Å². The number of nitrogens with zero attached hydrogens (tertiary/aromatic N) is 4. The first-order valence-electron chi connectivity index (χ1n) is 21.2. The van der Waals surface area contributed by atoms with Gasteiger partial charge in [-0.05, 0) is 90.4 Å². The molecule has 5 atom stereocenters. The number of carbonyl (C=O) groups excluding carboxylic acids is 4. The third kappa shape index (κ3) is 7.34. The summed E-state index contributed by atoms with van der Waals surface area (Å²) >= 11 is 0. The summed E-state index contributed by atoms with van der Waals surface area (Å²) in [6.45, 7) is 6.75. The predicted molar refractivity (Wildman–Crippen MR) is 232 cm³/mol. The van der Waals surface area contributed by atoms with Crippen molar-refractivity contribution in [1.29, 1.82) is 0 Å². The van der Waals surface area contributed by atoms with Crippen molar-refractivity contribution in [3.05, 3.63) is 102 Å². The molecule has 0 radical (unpaired) electrons. The first-order valence-corrected chi connectivity index (χ1v) is 21.2. The van der Waals surface area contributed by atoms with Gasteiger partial charge in [-0.1, -0.05) is 62.4 Å². The highest BCUT2D eigenvalue weighted by Gasteiger charge is 2.41. The average Bonchev–Trinajstić information content (AvgIpc) is 4.12. The van der Waals surface area contributed by atoms with E-state index in [1.54, 1.807) is 4.90 Å². The number of nitrogens with one attached hydrogen (secondary N) is 4. The van der Waals surface area contributed by atoms with Gasteiger partial charge in [0.05, 0.1) is 49.2 Å². The van der Waals surface area contributed by atoms with Crippen molar-refractivity contribution in [2.75, 3.05) is 20.8 Å². The third-order valence-corrected chi connectivity index (χ3v) is 12.6. The van der Waals surface area contributed by atoms with Crippen LogP contribution in [-0.4, -0.2) is 86.6 Å². The number of hydrogen-bond acceptors (Lipinski definition) is 9. The van der Waals surface area contributed by atoms with E-state index in [0.717, 1.165) is 81.2 Å². The van der Waals surface area contributed by atoms with Crippen molar-refractivity contribution < 1.29 is 33.4 Å². The molecule has 0 spiro atoms. The average molecular weight is 839 g/mol. The van der Waals surface area contributed by atoms with Gasteiger partial charge in [-0.2, -0.15) is 0 Å². The van der Waals surface area contributed by atoms with Crippen molar-refractivity contribution >= 4 is 45.8 Å². The maximum absolute atomic E-state index is 14.1. The van der Waals surface area contributed by atoms with E-state index in [1.165, 1.54) is 14.2 Å². The maximum Gasteiger partial charge on any atom is 0.407 e. The molecular weight excluding hydrogens is 789 g/mol. The number of aromatic amines is 2. The number of methoxy groups -OCH3 is 2. The number of rotatable bonds is 9. The highest BCUT2D eigenvalue weighted by molar-refractivity contribution is 6.07. The zero-order valence-electron chi connectivity index (χ0n) is 35.4. The number of amides is 4. The lowest BCUT2D eigenvalue weighted by atomic mass is 9.92. The monoisotopic (exact) mass is 838 g/mol. The van der Waals surface area contributed by atoms with Crippen LogP contribution >= 0.6 is 0 Å². The lowest BCUT2D eigenvalue weighted by molar-refractivity contribution is -0.137. The van der Waals surface area contributed by atoms with E-state index in [2.05, 4.69) is 57.0 Å². The normalized spacial score (nSPS) is 19.2. The second kappa shape index (κ2) is 16.5. The summed E-state index contributed by atoms with van der Waals surface area (Å²) in [7, 11) is 2.57. The minimum atomic E-state index is -0.903. The second-order valence-electron chi connectivity index (χ2n) is 16.7. The van der Waals surface area contributed by atoms with E-state index in [1.807, 2.05) is 68.3 Å². The topological polar surface area (TPSA) is 184 Å². The molecule has 15 nitrogen and oxygen atoms in total. The number of alkyl carbamates (subject to hydrolysis) is 2. The summed E-state index contributed by atoms with van der Waals surface area (Å²) in [5.41, 5.74) is 7.22. The minimum Gasteiger partial charge on any atom is -0.488 e. The van der Waals surface area contributed by atoms with Crippen LogP contribution in [0, 0.1) is 5.92 Å². The summed E-state index contributed by atoms with van der Waals surface area (Å²) in [5, 5.41) is 7.44. The van der Waals surface area contributed by atoms with E-state index in [-0.39, 0.29) is 35.9 Å². The fourth-order valence-electron chi connectivity index (χ4n) is 9.36. The number of carbonyl (C=O) groups is 4. The van der Waals surface area contributed by atoms with Gasteiger partial charge in [0.2, 0.25) is 5.91 Å². The number of likely N-dealkylation sites (tertiary alicyclic amines) is 2. The van der Waals surface area contributed by atoms with Crippen LogP contribution < -0.4 is 15.4 Å². The zero-order chi connectivity index (χ0) is 43.2. The Morgan fingerprint density at radius 3 is 2.40 bits per heavy atom. The van der Waals surface area contributed by atoms with Crippen LogP contribution in [0.3, 0.4) is 0 Å². The van der Waals surface area contributed by atoms with Gasteiger partial charge in [0, 0.05) is 23.5 Å². The zero-order valence-corrected chi connectivity index (χ0v) is 35.4. The smallest absolute Gasteiger partial charge is 0.407 e. The molecule has 2 aromatic heterocycles. The largest absolute Gasteiger partial charge is 0.488 e. The molecule has 0 aliphatic carbocycles.